The minimum absolute atomic E-state index is 0.0254. The van der Waals surface area contributed by atoms with Crippen LogP contribution in [0.2, 0.25) is 0 Å². The summed E-state index contributed by atoms with van der Waals surface area (Å²) in [7, 11) is 0. The molecule has 1 heterocycles. The highest BCUT2D eigenvalue weighted by atomic mass is 19.4. The number of nitrogens with one attached hydrogen (secondary N) is 1. The van der Waals surface area contributed by atoms with E-state index in [0.29, 0.717) is 30.6 Å². The van der Waals surface area contributed by atoms with Gasteiger partial charge in [0.25, 0.3) is 5.91 Å². The monoisotopic (exact) mass is 456 g/mol. The molecule has 5 nitrogen and oxygen atoms in total. The standard InChI is InChI=1S/C25H23F3N2O3/c26-25(27,28)9-1-11-33-19-6-7-22-18(12-19)8-10-24(22)13-20(21(14-29)23(32)30-24)17-4-2-16(15-31)3-5-17/h2-7,12,31H,1,8-11,13,15H2,(H,30,32). The van der Waals surface area contributed by atoms with Crippen LogP contribution in [-0.2, 0) is 23.4 Å². The van der Waals surface area contributed by atoms with Crippen molar-refractivity contribution in [1.82, 2.24) is 5.32 Å². The highest BCUT2D eigenvalue weighted by Crippen LogP contribution is 2.47. The Morgan fingerprint density at radius 3 is 2.61 bits per heavy atom. The van der Waals surface area contributed by atoms with Gasteiger partial charge < -0.3 is 15.2 Å². The van der Waals surface area contributed by atoms with E-state index in [1.165, 1.54) is 0 Å². The maximum Gasteiger partial charge on any atom is 0.389 e. The Bertz CT molecular complexity index is 1130. The molecule has 172 valence electrons. The molecular formula is C25H23F3N2O3. The Morgan fingerprint density at radius 1 is 1.18 bits per heavy atom. The highest BCUT2D eigenvalue weighted by Gasteiger charge is 2.45. The number of ether oxygens (including phenoxy) is 1. The van der Waals surface area contributed by atoms with Crippen molar-refractivity contribution in [1.29, 1.82) is 5.26 Å². The van der Waals surface area contributed by atoms with E-state index >= 15 is 0 Å². The largest absolute Gasteiger partial charge is 0.494 e. The molecule has 1 atom stereocenters. The van der Waals surface area contributed by atoms with Crippen molar-refractivity contribution in [2.45, 2.75) is 50.4 Å². The number of hydrogen-bond acceptors (Lipinski definition) is 4. The molecule has 0 aromatic heterocycles. The summed E-state index contributed by atoms with van der Waals surface area (Å²) in [6.07, 6.45) is -3.43. The number of aryl methyl sites for hydroxylation is 1. The third-order valence-corrected chi connectivity index (χ3v) is 6.24. The molecule has 0 radical (unpaired) electrons. The molecule has 1 aliphatic heterocycles. The highest BCUT2D eigenvalue weighted by molar-refractivity contribution is 6.07. The Balaban J connectivity index is 1.57. The fourth-order valence-electron chi connectivity index (χ4n) is 4.62. The van der Waals surface area contributed by atoms with Crippen LogP contribution >= 0.6 is 0 Å². The van der Waals surface area contributed by atoms with Crippen LogP contribution in [0.1, 0.15) is 47.9 Å². The lowest BCUT2D eigenvalue weighted by molar-refractivity contribution is -0.136. The summed E-state index contributed by atoms with van der Waals surface area (Å²) in [5, 5.41) is 21.9. The molecule has 2 aromatic carbocycles. The van der Waals surface area contributed by atoms with Crippen LogP contribution < -0.4 is 10.1 Å². The summed E-state index contributed by atoms with van der Waals surface area (Å²) in [6.45, 7) is -0.120. The van der Waals surface area contributed by atoms with Crippen molar-refractivity contribution in [3.05, 3.63) is 70.3 Å². The molecule has 2 aliphatic rings. The molecule has 0 saturated carbocycles. The van der Waals surface area contributed by atoms with Gasteiger partial charge in [0.2, 0.25) is 0 Å². The van der Waals surface area contributed by atoms with Gasteiger partial charge in [-0.1, -0.05) is 30.3 Å². The third-order valence-electron chi connectivity index (χ3n) is 6.24. The number of benzene rings is 2. The second-order valence-corrected chi connectivity index (χ2v) is 8.42. The molecule has 0 saturated heterocycles. The quantitative estimate of drug-likeness (QED) is 0.626. The van der Waals surface area contributed by atoms with E-state index in [9.17, 15) is 28.3 Å². The van der Waals surface area contributed by atoms with E-state index in [4.69, 9.17) is 4.74 Å². The molecular weight excluding hydrogens is 433 g/mol. The van der Waals surface area contributed by atoms with Crippen molar-refractivity contribution in [3.8, 4) is 11.8 Å². The fraction of sp³-hybridized carbons (Fsp3) is 0.360. The minimum Gasteiger partial charge on any atom is -0.494 e. The Hall–Kier alpha value is -3.31. The molecule has 1 unspecified atom stereocenters. The number of halogens is 3. The summed E-state index contributed by atoms with van der Waals surface area (Å²) in [4.78, 5) is 12.9. The van der Waals surface area contributed by atoms with Crippen LogP contribution in [0.15, 0.2) is 48.0 Å². The number of aliphatic hydroxyl groups excluding tert-OH is 1. The summed E-state index contributed by atoms with van der Waals surface area (Å²) < 4.78 is 42.5. The molecule has 0 bridgehead atoms. The van der Waals surface area contributed by atoms with Crippen molar-refractivity contribution >= 4 is 11.5 Å². The van der Waals surface area contributed by atoms with Crippen LogP contribution in [0.3, 0.4) is 0 Å². The molecule has 0 fully saturated rings. The maximum atomic E-state index is 12.9. The van der Waals surface area contributed by atoms with Gasteiger partial charge in [-0.25, -0.2) is 0 Å². The first kappa shape index (κ1) is 22.9. The van der Waals surface area contributed by atoms with E-state index in [0.717, 1.165) is 22.3 Å². The molecule has 4 rings (SSSR count). The van der Waals surface area contributed by atoms with E-state index < -0.39 is 24.0 Å². The predicted molar refractivity (Wildman–Crippen MR) is 115 cm³/mol. The van der Waals surface area contributed by atoms with E-state index in [2.05, 4.69) is 5.32 Å². The van der Waals surface area contributed by atoms with E-state index in [-0.39, 0.29) is 25.2 Å². The zero-order valence-corrected chi connectivity index (χ0v) is 17.8. The maximum absolute atomic E-state index is 12.9. The smallest absolute Gasteiger partial charge is 0.389 e. The number of alkyl halides is 3. The number of aliphatic hydroxyl groups is 1. The lowest BCUT2D eigenvalue weighted by Crippen LogP contribution is -2.48. The van der Waals surface area contributed by atoms with E-state index in [1.807, 2.05) is 18.2 Å². The second-order valence-electron chi connectivity index (χ2n) is 8.42. The van der Waals surface area contributed by atoms with Gasteiger partial charge in [-0.05, 0) is 59.2 Å². The number of fused-ring (bicyclic) bond motifs is 2. The predicted octanol–water partition coefficient (Wildman–Crippen LogP) is 4.54. The zero-order valence-electron chi connectivity index (χ0n) is 17.8. The van der Waals surface area contributed by atoms with Gasteiger partial charge in [0.05, 0.1) is 18.8 Å². The molecule has 2 N–H and O–H groups in total. The number of rotatable bonds is 6. The lowest BCUT2D eigenvalue weighted by atomic mass is 9.78. The third kappa shape index (κ3) is 4.74. The summed E-state index contributed by atoms with van der Waals surface area (Å²) >= 11 is 0. The van der Waals surface area contributed by atoms with Gasteiger partial charge in [0.1, 0.15) is 17.4 Å². The average Bonchev–Trinajstić information content (AvgIpc) is 3.12. The van der Waals surface area contributed by atoms with Crippen LogP contribution in [0, 0.1) is 11.3 Å². The second kappa shape index (κ2) is 8.91. The molecule has 33 heavy (non-hydrogen) atoms. The molecule has 2 aromatic rings. The topological polar surface area (TPSA) is 82.3 Å². The first-order chi connectivity index (χ1) is 15.7. The molecule has 1 spiro atoms. The van der Waals surface area contributed by atoms with Gasteiger partial charge in [-0.2, -0.15) is 18.4 Å². The first-order valence-corrected chi connectivity index (χ1v) is 10.7. The normalized spacial score (nSPS) is 19.9. The fourth-order valence-corrected chi connectivity index (χ4v) is 4.62. The number of carbonyl (C=O) groups is 1. The van der Waals surface area contributed by atoms with Crippen LogP contribution in [0.5, 0.6) is 5.75 Å². The minimum atomic E-state index is -4.20. The average molecular weight is 456 g/mol. The van der Waals surface area contributed by atoms with Crippen LogP contribution in [0.4, 0.5) is 13.2 Å². The number of carbonyl (C=O) groups excluding carboxylic acids is 1. The van der Waals surface area contributed by atoms with E-state index in [1.54, 1.807) is 30.3 Å². The SMILES string of the molecule is N#CC1=C(c2ccc(CO)cc2)CC2(CCc3cc(OCCCC(F)(F)F)ccc32)NC1=O. The Morgan fingerprint density at radius 2 is 1.94 bits per heavy atom. The van der Waals surface area contributed by atoms with Gasteiger partial charge in [-0.3, -0.25) is 4.79 Å². The lowest BCUT2D eigenvalue weighted by Gasteiger charge is -2.37. The van der Waals surface area contributed by atoms with Gasteiger partial charge >= 0.3 is 6.18 Å². The number of nitriles is 1. The summed E-state index contributed by atoms with van der Waals surface area (Å²) in [6, 6.07) is 14.6. The summed E-state index contributed by atoms with van der Waals surface area (Å²) in [5.74, 6) is 0.0773. The Labute approximate surface area is 189 Å². The van der Waals surface area contributed by atoms with Crippen LogP contribution in [-0.4, -0.2) is 23.8 Å². The van der Waals surface area contributed by atoms with Crippen molar-refractivity contribution in [3.63, 3.8) is 0 Å². The Kier molecular flexibility index (Phi) is 6.17. The van der Waals surface area contributed by atoms with Gasteiger partial charge in [0.15, 0.2) is 0 Å². The molecule has 1 amide bonds. The van der Waals surface area contributed by atoms with Crippen molar-refractivity contribution in [2.24, 2.45) is 0 Å². The first-order valence-electron chi connectivity index (χ1n) is 10.7. The van der Waals surface area contributed by atoms with Gasteiger partial charge in [-0.15, -0.1) is 0 Å². The number of nitrogens with zero attached hydrogens (tertiary/aromatic N) is 1. The number of amides is 1. The van der Waals surface area contributed by atoms with Crippen molar-refractivity contribution in [2.75, 3.05) is 6.61 Å². The zero-order chi connectivity index (χ0) is 23.6. The molecule has 8 heteroatoms. The van der Waals surface area contributed by atoms with Crippen molar-refractivity contribution < 1.29 is 27.8 Å². The van der Waals surface area contributed by atoms with Gasteiger partial charge in [0, 0.05) is 12.8 Å². The van der Waals surface area contributed by atoms with Crippen LogP contribution in [0.25, 0.3) is 5.57 Å². The molecule has 1 aliphatic carbocycles. The number of hydrogen-bond donors (Lipinski definition) is 2. The summed E-state index contributed by atoms with van der Waals surface area (Å²) in [5.41, 5.74) is 3.48.